The Balaban J connectivity index is 1.53. The van der Waals surface area contributed by atoms with Gasteiger partial charge in [-0.05, 0) is 58.6 Å². The zero-order chi connectivity index (χ0) is 21.3. The molecule has 0 N–H and O–H groups in total. The van der Waals surface area contributed by atoms with Gasteiger partial charge in [-0.3, -0.25) is 9.59 Å². The van der Waals surface area contributed by atoms with Crippen molar-refractivity contribution in [3.63, 3.8) is 0 Å². The highest BCUT2D eigenvalue weighted by molar-refractivity contribution is 5.86. The number of oxazole rings is 1. The molecule has 0 saturated carbocycles. The molecule has 0 bridgehead atoms. The van der Waals surface area contributed by atoms with Gasteiger partial charge in [0.2, 0.25) is 17.7 Å². The first-order chi connectivity index (χ1) is 14.5. The number of rotatable bonds is 4. The smallest absolute Gasteiger partial charge is 0.230 e. The van der Waals surface area contributed by atoms with E-state index in [0.717, 1.165) is 44.3 Å². The summed E-state index contributed by atoms with van der Waals surface area (Å²) in [5.41, 5.74) is 1.14. The van der Waals surface area contributed by atoms with E-state index in [9.17, 15) is 9.59 Å². The monoisotopic (exact) mass is 409 g/mol. The number of carbonyl (C=O) groups is 2. The third-order valence-electron chi connectivity index (χ3n) is 6.99. The van der Waals surface area contributed by atoms with Gasteiger partial charge >= 0.3 is 0 Å². The van der Waals surface area contributed by atoms with Crippen molar-refractivity contribution in [3.05, 3.63) is 41.8 Å². The summed E-state index contributed by atoms with van der Waals surface area (Å²) in [6.45, 7) is 8.21. The van der Waals surface area contributed by atoms with Gasteiger partial charge in [0.15, 0.2) is 0 Å². The molecule has 6 heteroatoms. The van der Waals surface area contributed by atoms with Crippen LogP contribution in [0.5, 0.6) is 0 Å². The first kappa shape index (κ1) is 20.6. The standard InChI is InChI=1S/C24H31N3O3/c1-4-26-14-8-12-24(23(26)29)13-9-15-27(18(24)3)21(28)16-20-17(2)30-22(25-20)19-10-6-5-7-11-19/h5-7,10-11,18H,4,8-9,12-16H2,1-3H3/t18-,24+/m1/s1. The molecule has 2 aliphatic rings. The van der Waals surface area contributed by atoms with Gasteiger partial charge in [-0.1, -0.05) is 18.2 Å². The number of amides is 2. The Bertz CT molecular complexity index is 919. The van der Waals surface area contributed by atoms with Crippen LogP contribution in [0.4, 0.5) is 0 Å². The highest BCUT2D eigenvalue weighted by Gasteiger charge is 2.51. The number of nitrogens with zero attached hydrogens (tertiary/aromatic N) is 3. The summed E-state index contributed by atoms with van der Waals surface area (Å²) in [7, 11) is 0. The zero-order valence-corrected chi connectivity index (χ0v) is 18.2. The van der Waals surface area contributed by atoms with Crippen molar-refractivity contribution in [1.82, 2.24) is 14.8 Å². The zero-order valence-electron chi connectivity index (χ0n) is 18.2. The molecule has 2 aromatic rings. The van der Waals surface area contributed by atoms with E-state index in [1.165, 1.54) is 0 Å². The number of piperidine rings is 2. The largest absolute Gasteiger partial charge is 0.441 e. The van der Waals surface area contributed by atoms with Crippen molar-refractivity contribution in [2.45, 2.75) is 58.9 Å². The molecular weight excluding hydrogens is 378 g/mol. The summed E-state index contributed by atoms with van der Waals surface area (Å²) in [5, 5.41) is 0. The van der Waals surface area contributed by atoms with E-state index in [4.69, 9.17) is 4.42 Å². The fraction of sp³-hybridized carbons (Fsp3) is 0.542. The Morgan fingerprint density at radius 3 is 2.60 bits per heavy atom. The van der Waals surface area contributed by atoms with Crippen molar-refractivity contribution in [2.24, 2.45) is 5.41 Å². The highest BCUT2D eigenvalue weighted by atomic mass is 16.4. The van der Waals surface area contributed by atoms with Crippen LogP contribution in [-0.2, 0) is 16.0 Å². The van der Waals surface area contributed by atoms with Crippen LogP contribution in [0.3, 0.4) is 0 Å². The molecule has 6 nitrogen and oxygen atoms in total. The summed E-state index contributed by atoms with van der Waals surface area (Å²) >= 11 is 0. The average molecular weight is 410 g/mol. The molecule has 2 saturated heterocycles. The highest BCUT2D eigenvalue weighted by Crippen LogP contribution is 2.44. The SMILES string of the molecule is CCN1CCC[C@@]2(CCCN(C(=O)Cc3nc(-c4ccccc4)oc3C)[C@@H]2C)C1=O. The molecule has 2 atom stereocenters. The summed E-state index contributed by atoms with van der Waals surface area (Å²) in [6.07, 6.45) is 3.82. The van der Waals surface area contributed by atoms with Crippen LogP contribution >= 0.6 is 0 Å². The molecule has 160 valence electrons. The molecule has 0 aliphatic carbocycles. The first-order valence-electron chi connectivity index (χ1n) is 11.1. The van der Waals surface area contributed by atoms with Crippen LogP contribution < -0.4 is 0 Å². The summed E-state index contributed by atoms with van der Waals surface area (Å²) in [5.74, 6) is 1.47. The van der Waals surface area contributed by atoms with Gasteiger partial charge in [-0.25, -0.2) is 4.98 Å². The van der Waals surface area contributed by atoms with Gasteiger partial charge in [0, 0.05) is 31.2 Å². The number of aryl methyl sites for hydroxylation is 1. The van der Waals surface area contributed by atoms with Crippen LogP contribution in [0.25, 0.3) is 11.5 Å². The molecule has 2 amide bonds. The van der Waals surface area contributed by atoms with Crippen molar-refractivity contribution in [1.29, 1.82) is 0 Å². The van der Waals surface area contributed by atoms with Gasteiger partial charge in [-0.15, -0.1) is 0 Å². The first-order valence-corrected chi connectivity index (χ1v) is 11.1. The minimum atomic E-state index is -0.434. The maximum Gasteiger partial charge on any atom is 0.230 e. The molecule has 1 aromatic heterocycles. The van der Waals surface area contributed by atoms with Crippen LogP contribution in [-0.4, -0.2) is 52.3 Å². The van der Waals surface area contributed by atoms with Crippen molar-refractivity contribution in [3.8, 4) is 11.5 Å². The van der Waals surface area contributed by atoms with Gasteiger partial charge in [0.05, 0.1) is 17.5 Å². The van der Waals surface area contributed by atoms with E-state index in [1.54, 1.807) is 0 Å². The molecule has 3 heterocycles. The maximum atomic E-state index is 13.3. The van der Waals surface area contributed by atoms with E-state index in [-0.39, 0.29) is 24.3 Å². The number of benzene rings is 1. The van der Waals surface area contributed by atoms with E-state index >= 15 is 0 Å². The molecule has 2 fully saturated rings. The number of aromatic nitrogens is 1. The molecule has 0 radical (unpaired) electrons. The average Bonchev–Trinajstić information content (AvgIpc) is 3.12. The second-order valence-electron chi connectivity index (χ2n) is 8.58. The Kier molecular flexibility index (Phi) is 5.67. The molecule has 1 spiro atoms. The summed E-state index contributed by atoms with van der Waals surface area (Å²) < 4.78 is 5.83. The van der Waals surface area contributed by atoms with Crippen LogP contribution in [0.1, 0.15) is 51.0 Å². The molecule has 1 aromatic carbocycles. The maximum absolute atomic E-state index is 13.3. The quantitative estimate of drug-likeness (QED) is 0.770. The van der Waals surface area contributed by atoms with E-state index in [1.807, 2.05) is 54.0 Å². The number of likely N-dealkylation sites (tertiary alicyclic amines) is 2. The molecule has 30 heavy (non-hydrogen) atoms. The van der Waals surface area contributed by atoms with Crippen LogP contribution in [0, 0.1) is 12.3 Å². The lowest BCUT2D eigenvalue weighted by molar-refractivity contribution is -0.159. The Morgan fingerprint density at radius 1 is 1.20 bits per heavy atom. The van der Waals surface area contributed by atoms with E-state index in [0.29, 0.717) is 23.9 Å². The Hall–Kier alpha value is -2.63. The fourth-order valence-electron chi connectivity index (χ4n) is 5.18. The molecule has 2 aliphatic heterocycles. The second kappa shape index (κ2) is 8.25. The van der Waals surface area contributed by atoms with Gasteiger partial charge in [0.25, 0.3) is 0 Å². The van der Waals surface area contributed by atoms with Gasteiger partial charge < -0.3 is 14.2 Å². The molecule has 4 rings (SSSR count). The predicted molar refractivity (Wildman–Crippen MR) is 115 cm³/mol. The summed E-state index contributed by atoms with van der Waals surface area (Å²) in [6, 6.07) is 9.62. The van der Waals surface area contributed by atoms with Crippen LogP contribution in [0.15, 0.2) is 34.7 Å². The van der Waals surface area contributed by atoms with E-state index < -0.39 is 5.41 Å². The minimum absolute atomic E-state index is 0.0269. The molecular formula is C24H31N3O3. The normalized spacial score (nSPS) is 24.5. The molecule has 0 unspecified atom stereocenters. The van der Waals surface area contributed by atoms with Crippen molar-refractivity contribution < 1.29 is 14.0 Å². The van der Waals surface area contributed by atoms with Crippen molar-refractivity contribution >= 4 is 11.8 Å². The lowest BCUT2D eigenvalue weighted by atomic mass is 9.67. The minimum Gasteiger partial charge on any atom is -0.441 e. The number of hydrogen-bond acceptors (Lipinski definition) is 4. The van der Waals surface area contributed by atoms with Crippen molar-refractivity contribution in [2.75, 3.05) is 19.6 Å². The lowest BCUT2D eigenvalue weighted by Crippen LogP contribution is -2.61. The number of carbonyl (C=O) groups excluding carboxylic acids is 2. The topological polar surface area (TPSA) is 66.7 Å². The fourth-order valence-corrected chi connectivity index (χ4v) is 5.18. The third kappa shape index (κ3) is 3.53. The van der Waals surface area contributed by atoms with Crippen LogP contribution in [0.2, 0.25) is 0 Å². The number of hydrogen-bond donors (Lipinski definition) is 0. The Labute approximate surface area is 178 Å². The summed E-state index contributed by atoms with van der Waals surface area (Å²) in [4.78, 5) is 35.0. The van der Waals surface area contributed by atoms with E-state index in [2.05, 4.69) is 11.9 Å². The lowest BCUT2D eigenvalue weighted by Gasteiger charge is -2.51. The Morgan fingerprint density at radius 2 is 1.90 bits per heavy atom. The third-order valence-corrected chi connectivity index (χ3v) is 6.99. The van der Waals surface area contributed by atoms with Gasteiger partial charge in [-0.2, -0.15) is 0 Å². The predicted octanol–water partition coefficient (Wildman–Crippen LogP) is 3.83. The van der Waals surface area contributed by atoms with Gasteiger partial charge in [0.1, 0.15) is 5.76 Å². The second-order valence-corrected chi connectivity index (χ2v) is 8.58.